The summed E-state index contributed by atoms with van der Waals surface area (Å²) < 4.78 is 0. The van der Waals surface area contributed by atoms with Crippen molar-refractivity contribution in [2.75, 3.05) is 9.80 Å². The first-order valence-corrected chi connectivity index (χ1v) is 14.8. The highest BCUT2D eigenvalue weighted by Crippen LogP contribution is 2.44. The number of fused-ring (bicyclic) bond motifs is 2. The van der Waals surface area contributed by atoms with Gasteiger partial charge in [-0.1, -0.05) is 84.9 Å². The quantitative estimate of drug-likeness (QED) is 0.150. The van der Waals surface area contributed by atoms with E-state index in [1.54, 1.807) is 0 Å². The third-order valence-electron chi connectivity index (χ3n) is 7.60. The van der Waals surface area contributed by atoms with Gasteiger partial charge in [-0.15, -0.1) is 25.3 Å². The molecule has 0 aromatic heterocycles. The highest BCUT2D eigenvalue weighted by Gasteiger charge is 2.18. The van der Waals surface area contributed by atoms with E-state index in [4.69, 9.17) is 25.3 Å². The van der Waals surface area contributed by atoms with E-state index < -0.39 is 0 Å². The zero-order chi connectivity index (χ0) is 28.5. The molecule has 0 unspecified atom stereocenters. The molecule has 0 aliphatic heterocycles. The van der Waals surface area contributed by atoms with E-state index in [0.717, 1.165) is 65.5 Å². The Morgan fingerprint density at radius 3 is 0.881 bits per heavy atom. The van der Waals surface area contributed by atoms with Crippen LogP contribution >= 0.6 is 25.3 Å². The standard InChI is InChI=1S/C38H28N2S2/c41-37-33-23-21-31(39(27-13-5-1-6-14-27)28-15-7-2-8-16-28)25-35(33)38(42)36-26-32(22-24-34(36)37)40(29-17-9-3-10-18-29)30-19-11-4-12-20-30/h1-26,41-42H. The molecular formula is C38H28N2S2. The molecule has 7 aromatic rings. The number of thiol groups is 2. The first kappa shape index (κ1) is 26.3. The summed E-state index contributed by atoms with van der Waals surface area (Å²) in [5, 5.41) is 4.29. The molecule has 0 aliphatic carbocycles. The van der Waals surface area contributed by atoms with Gasteiger partial charge in [-0.2, -0.15) is 0 Å². The van der Waals surface area contributed by atoms with Crippen molar-refractivity contribution in [3.63, 3.8) is 0 Å². The Morgan fingerprint density at radius 2 is 0.571 bits per heavy atom. The fraction of sp³-hybridized carbons (Fsp3) is 0. The first-order valence-electron chi connectivity index (χ1n) is 13.9. The van der Waals surface area contributed by atoms with Crippen LogP contribution in [0.15, 0.2) is 168 Å². The van der Waals surface area contributed by atoms with Gasteiger partial charge in [0.05, 0.1) is 0 Å². The summed E-state index contributed by atoms with van der Waals surface area (Å²) in [7, 11) is 0. The molecule has 0 atom stereocenters. The van der Waals surface area contributed by atoms with Crippen LogP contribution in [0.2, 0.25) is 0 Å². The molecule has 0 N–H and O–H groups in total. The molecule has 0 saturated carbocycles. The minimum absolute atomic E-state index is 0.934. The van der Waals surface area contributed by atoms with Crippen LogP contribution in [0, 0.1) is 0 Å². The second kappa shape index (κ2) is 11.3. The maximum atomic E-state index is 5.17. The third kappa shape index (κ3) is 4.79. The second-order valence-electron chi connectivity index (χ2n) is 10.2. The van der Waals surface area contributed by atoms with E-state index in [1.165, 1.54) is 0 Å². The SMILES string of the molecule is Sc1c2ccc(N(c3ccccc3)c3ccccc3)cc2c(S)c2cc(N(c3ccccc3)c3ccccc3)ccc12. The predicted molar refractivity (Wildman–Crippen MR) is 185 cm³/mol. The van der Waals surface area contributed by atoms with Gasteiger partial charge in [-0.05, 0) is 94.3 Å². The summed E-state index contributed by atoms with van der Waals surface area (Å²) >= 11 is 10.2. The van der Waals surface area contributed by atoms with Crippen molar-refractivity contribution in [1.29, 1.82) is 0 Å². The number of benzene rings is 7. The first-order chi connectivity index (χ1) is 20.7. The lowest BCUT2D eigenvalue weighted by atomic mass is 10.0. The summed E-state index contributed by atoms with van der Waals surface area (Å²) in [5.74, 6) is 0. The lowest BCUT2D eigenvalue weighted by Gasteiger charge is -2.27. The van der Waals surface area contributed by atoms with Gasteiger partial charge in [0.15, 0.2) is 0 Å². The van der Waals surface area contributed by atoms with Crippen molar-refractivity contribution in [3.8, 4) is 0 Å². The molecule has 202 valence electrons. The molecule has 0 heterocycles. The van der Waals surface area contributed by atoms with Crippen molar-refractivity contribution in [2.45, 2.75) is 9.79 Å². The zero-order valence-corrected chi connectivity index (χ0v) is 24.6. The number of hydrogen-bond donors (Lipinski definition) is 2. The highest BCUT2D eigenvalue weighted by molar-refractivity contribution is 7.81. The Labute approximate surface area is 257 Å². The molecule has 0 fully saturated rings. The molecule has 0 radical (unpaired) electrons. The molecule has 0 saturated heterocycles. The number of nitrogens with zero attached hydrogens (tertiary/aromatic N) is 2. The predicted octanol–water partition coefficient (Wildman–Crippen LogP) is 11.5. The minimum Gasteiger partial charge on any atom is -0.310 e. The van der Waals surface area contributed by atoms with Gasteiger partial charge in [0.1, 0.15) is 0 Å². The van der Waals surface area contributed by atoms with Crippen LogP contribution in [0.5, 0.6) is 0 Å². The Hall–Kier alpha value is -4.64. The van der Waals surface area contributed by atoms with Crippen LogP contribution in [0.4, 0.5) is 34.1 Å². The van der Waals surface area contributed by atoms with Gasteiger partial charge < -0.3 is 9.80 Å². The van der Waals surface area contributed by atoms with Crippen molar-refractivity contribution < 1.29 is 0 Å². The summed E-state index contributed by atoms with van der Waals surface area (Å²) in [5.41, 5.74) is 6.51. The van der Waals surface area contributed by atoms with E-state index in [0.29, 0.717) is 0 Å². The van der Waals surface area contributed by atoms with Crippen LogP contribution in [0.25, 0.3) is 21.5 Å². The maximum Gasteiger partial charge on any atom is 0.0468 e. The van der Waals surface area contributed by atoms with Crippen LogP contribution in [-0.2, 0) is 0 Å². The van der Waals surface area contributed by atoms with Crippen LogP contribution in [-0.4, -0.2) is 0 Å². The number of para-hydroxylation sites is 4. The minimum atomic E-state index is 0.934. The molecule has 0 amide bonds. The molecular weight excluding hydrogens is 549 g/mol. The van der Waals surface area contributed by atoms with Gasteiger partial charge >= 0.3 is 0 Å². The van der Waals surface area contributed by atoms with Crippen molar-refractivity contribution >= 4 is 80.9 Å². The Bertz CT molecular complexity index is 1770. The van der Waals surface area contributed by atoms with Crippen molar-refractivity contribution in [1.82, 2.24) is 0 Å². The topological polar surface area (TPSA) is 6.48 Å². The van der Waals surface area contributed by atoms with E-state index in [2.05, 4.69) is 143 Å². The molecule has 0 spiro atoms. The summed E-state index contributed by atoms with van der Waals surface area (Å²) in [6.45, 7) is 0. The molecule has 4 heteroatoms. The lowest BCUT2D eigenvalue weighted by molar-refractivity contribution is 1.28. The van der Waals surface area contributed by atoms with Crippen LogP contribution < -0.4 is 9.80 Å². The fourth-order valence-corrected chi connectivity index (χ4v) is 6.40. The van der Waals surface area contributed by atoms with Gasteiger partial charge in [-0.25, -0.2) is 0 Å². The molecule has 2 nitrogen and oxygen atoms in total. The second-order valence-corrected chi connectivity index (χ2v) is 11.1. The summed E-state index contributed by atoms with van der Waals surface area (Å²) in [6.07, 6.45) is 0. The normalized spacial score (nSPS) is 11.1. The Morgan fingerprint density at radius 1 is 0.286 bits per heavy atom. The molecule has 7 aromatic carbocycles. The number of rotatable bonds is 6. The third-order valence-corrected chi connectivity index (χ3v) is 8.56. The molecule has 42 heavy (non-hydrogen) atoms. The Balaban J connectivity index is 1.43. The fourth-order valence-electron chi connectivity index (χ4n) is 5.64. The van der Waals surface area contributed by atoms with Gasteiger partial charge in [0.2, 0.25) is 0 Å². The van der Waals surface area contributed by atoms with Gasteiger partial charge in [0.25, 0.3) is 0 Å². The Kier molecular flexibility index (Phi) is 7.08. The van der Waals surface area contributed by atoms with E-state index in [9.17, 15) is 0 Å². The van der Waals surface area contributed by atoms with Crippen LogP contribution in [0.3, 0.4) is 0 Å². The molecule has 0 bridgehead atoms. The molecule has 0 aliphatic rings. The zero-order valence-electron chi connectivity index (χ0n) is 22.8. The van der Waals surface area contributed by atoms with E-state index in [-0.39, 0.29) is 0 Å². The average molecular weight is 577 g/mol. The largest absolute Gasteiger partial charge is 0.310 e. The monoisotopic (exact) mass is 576 g/mol. The number of anilines is 6. The van der Waals surface area contributed by atoms with Crippen molar-refractivity contribution in [3.05, 3.63) is 158 Å². The van der Waals surface area contributed by atoms with Gasteiger partial charge in [0, 0.05) is 43.9 Å². The smallest absolute Gasteiger partial charge is 0.0468 e. The summed E-state index contributed by atoms with van der Waals surface area (Å²) in [6, 6.07) is 55.0. The highest BCUT2D eigenvalue weighted by atomic mass is 32.1. The van der Waals surface area contributed by atoms with E-state index in [1.807, 2.05) is 24.3 Å². The van der Waals surface area contributed by atoms with E-state index >= 15 is 0 Å². The van der Waals surface area contributed by atoms with Crippen molar-refractivity contribution in [2.24, 2.45) is 0 Å². The average Bonchev–Trinajstić information content (AvgIpc) is 3.06. The maximum absolute atomic E-state index is 5.17. The molecule has 7 rings (SSSR count). The lowest BCUT2D eigenvalue weighted by Crippen LogP contribution is -2.10. The van der Waals surface area contributed by atoms with Crippen LogP contribution in [0.1, 0.15) is 0 Å². The van der Waals surface area contributed by atoms with Gasteiger partial charge in [-0.3, -0.25) is 0 Å². The number of hydrogen-bond acceptors (Lipinski definition) is 4. The summed E-state index contributed by atoms with van der Waals surface area (Å²) in [4.78, 5) is 6.44.